The van der Waals surface area contributed by atoms with Crippen LogP contribution >= 0.6 is 0 Å². The van der Waals surface area contributed by atoms with E-state index in [4.69, 9.17) is 32.5 Å². The lowest BCUT2D eigenvalue weighted by Gasteiger charge is -2.17. The Morgan fingerprint density at radius 2 is 1.01 bits per heavy atom. The predicted molar refractivity (Wildman–Crippen MR) is 276 cm³/mol. The van der Waals surface area contributed by atoms with Crippen molar-refractivity contribution in [2.75, 3.05) is 0 Å². The van der Waals surface area contributed by atoms with Gasteiger partial charge in [-0.15, -0.1) is 0 Å². The Morgan fingerprint density at radius 1 is 0.429 bits per heavy atom. The van der Waals surface area contributed by atoms with Gasteiger partial charge >= 0.3 is 0 Å². The molecular formula is C61H32N8O. The van der Waals surface area contributed by atoms with Crippen LogP contribution in [0.3, 0.4) is 0 Å². The number of furan rings is 1. The summed E-state index contributed by atoms with van der Waals surface area (Å²) in [6.45, 7) is 15.6. The van der Waals surface area contributed by atoms with Gasteiger partial charge in [-0.3, -0.25) is 0 Å². The summed E-state index contributed by atoms with van der Waals surface area (Å²) in [6.07, 6.45) is 0. The third kappa shape index (κ3) is 6.97. The van der Waals surface area contributed by atoms with Crippen molar-refractivity contribution in [3.8, 4) is 85.4 Å². The molecule has 3 aromatic heterocycles. The van der Waals surface area contributed by atoms with Crippen LogP contribution in [-0.4, -0.2) is 19.5 Å². The molecule has 70 heavy (non-hydrogen) atoms. The van der Waals surface area contributed by atoms with Crippen LogP contribution in [0.25, 0.3) is 127 Å². The van der Waals surface area contributed by atoms with Gasteiger partial charge in [-0.1, -0.05) is 121 Å². The topological polar surface area (TPSA) is 113 Å². The molecule has 0 amide bonds. The van der Waals surface area contributed by atoms with Crippen LogP contribution < -0.4 is 0 Å². The summed E-state index contributed by atoms with van der Waals surface area (Å²) in [6, 6.07) is 67.7. The van der Waals surface area contributed by atoms with Gasteiger partial charge < -0.3 is 8.98 Å². The molecule has 322 valence electrons. The molecule has 0 aliphatic carbocycles. The van der Waals surface area contributed by atoms with Gasteiger partial charge in [0.2, 0.25) is 0 Å². The molecule has 9 heteroatoms. The number of para-hydroxylation sites is 1. The summed E-state index contributed by atoms with van der Waals surface area (Å²) in [7, 11) is 0. The van der Waals surface area contributed by atoms with Crippen LogP contribution in [0.15, 0.2) is 199 Å². The fourth-order valence-corrected chi connectivity index (χ4v) is 9.43. The smallest absolute Gasteiger partial charge is 0.196 e. The normalized spacial score (nSPS) is 11.1. The molecule has 0 saturated carbocycles. The molecule has 12 rings (SSSR count). The molecule has 9 nitrogen and oxygen atoms in total. The number of nitrogens with zero attached hydrogens (tertiary/aromatic N) is 8. The second kappa shape index (κ2) is 16.8. The quantitative estimate of drug-likeness (QED) is 0.147. The molecule has 0 aliphatic heterocycles. The number of fused-ring (bicyclic) bond motifs is 6. The molecule has 0 unspecified atom stereocenters. The Kier molecular flexibility index (Phi) is 9.82. The van der Waals surface area contributed by atoms with Crippen LogP contribution in [0.1, 0.15) is 11.1 Å². The Bertz CT molecular complexity index is 4100. The second-order valence-electron chi connectivity index (χ2n) is 16.8. The number of nitriles is 2. The maximum absolute atomic E-state index is 10.3. The number of hydrogen-bond acceptors (Lipinski definition) is 6. The van der Waals surface area contributed by atoms with Gasteiger partial charge in [-0.05, 0) is 106 Å². The van der Waals surface area contributed by atoms with Gasteiger partial charge in [0.05, 0.1) is 42.0 Å². The molecule has 12 aromatic rings. The van der Waals surface area contributed by atoms with Gasteiger partial charge in [0, 0.05) is 49.4 Å². The van der Waals surface area contributed by atoms with Crippen molar-refractivity contribution >= 4 is 55.1 Å². The van der Waals surface area contributed by atoms with E-state index in [1.165, 1.54) is 0 Å². The van der Waals surface area contributed by atoms with E-state index in [2.05, 4.69) is 87.1 Å². The molecule has 0 atom stereocenters. The van der Waals surface area contributed by atoms with Gasteiger partial charge in [-0.2, -0.15) is 10.5 Å². The van der Waals surface area contributed by atoms with Crippen molar-refractivity contribution in [2.45, 2.75) is 0 Å². The average molecular weight is 893 g/mol. The lowest BCUT2D eigenvalue weighted by atomic mass is 9.97. The van der Waals surface area contributed by atoms with Gasteiger partial charge in [-0.25, -0.2) is 24.6 Å². The monoisotopic (exact) mass is 892 g/mol. The summed E-state index contributed by atoms with van der Waals surface area (Å²) < 4.78 is 8.45. The summed E-state index contributed by atoms with van der Waals surface area (Å²) in [4.78, 5) is 23.0. The van der Waals surface area contributed by atoms with E-state index in [0.29, 0.717) is 51.1 Å². The van der Waals surface area contributed by atoms with Crippen molar-refractivity contribution in [1.29, 1.82) is 10.5 Å². The first-order chi connectivity index (χ1) is 34.5. The highest BCUT2D eigenvalue weighted by atomic mass is 16.3. The highest BCUT2D eigenvalue weighted by Crippen LogP contribution is 2.43. The van der Waals surface area contributed by atoms with E-state index in [-0.39, 0.29) is 0 Å². The van der Waals surface area contributed by atoms with Crippen LogP contribution in [-0.2, 0) is 0 Å². The number of hydrogen-bond donors (Lipinski definition) is 0. The lowest BCUT2D eigenvalue weighted by molar-refractivity contribution is 0.669. The number of rotatable bonds is 7. The molecule has 3 heterocycles. The second-order valence-corrected chi connectivity index (χ2v) is 16.8. The van der Waals surface area contributed by atoms with E-state index in [1.807, 2.05) is 109 Å². The lowest BCUT2D eigenvalue weighted by Crippen LogP contribution is -2.04. The summed E-state index contributed by atoms with van der Waals surface area (Å²) in [5.74, 6) is 1.53. The van der Waals surface area contributed by atoms with E-state index in [1.54, 1.807) is 24.3 Å². The summed E-state index contributed by atoms with van der Waals surface area (Å²) in [5.41, 5.74) is 13.1. The Balaban J connectivity index is 1.15. The minimum absolute atomic E-state index is 0.374. The zero-order chi connectivity index (χ0) is 47.3. The van der Waals surface area contributed by atoms with Crippen molar-refractivity contribution in [2.24, 2.45) is 0 Å². The van der Waals surface area contributed by atoms with E-state index in [0.717, 1.165) is 88.4 Å². The van der Waals surface area contributed by atoms with Gasteiger partial charge in [0.25, 0.3) is 0 Å². The van der Waals surface area contributed by atoms with E-state index >= 15 is 0 Å². The van der Waals surface area contributed by atoms with Crippen molar-refractivity contribution in [3.05, 3.63) is 228 Å². The summed E-state index contributed by atoms with van der Waals surface area (Å²) in [5, 5.41) is 23.8. The fourth-order valence-electron chi connectivity index (χ4n) is 9.43. The van der Waals surface area contributed by atoms with Crippen LogP contribution in [0.5, 0.6) is 0 Å². The van der Waals surface area contributed by atoms with E-state index in [9.17, 15) is 10.5 Å². The molecular weight excluding hydrogens is 861 g/mol. The minimum atomic E-state index is 0.374. The Hall–Kier alpha value is -10.5. The van der Waals surface area contributed by atoms with Crippen LogP contribution in [0.2, 0.25) is 0 Å². The molecule has 0 bridgehead atoms. The molecule has 0 spiro atoms. The SMILES string of the molecule is [C-]#[N+]c1ccc(-c2ccc3c(c2)c2cc(-c4ccc(C#N)cc4[N+]#[C-])ccc2n3-c2ccc(-c3ccc4oc5ccccc5c4c3)cc2-c2nc(-c3ccccc3)nc(-c3ccccc3)n2)c(C#N)c1. The zero-order valence-electron chi connectivity index (χ0n) is 37.0. The van der Waals surface area contributed by atoms with Gasteiger partial charge in [0.1, 0.15) is 11.2 Å². The third-order valence-corrected chi connectivity index (χ3v) is 12.8. The average Bonchev–Trinajstić information content (AvgIpc) is 3.97. The first kappa shape index (κ1) is 41.0. The maximum atomic E-state index is 10.3. The fraction of sp³-hybridized carbons (Fsp3) is 0. The predicted octanol–water partition coefficient (Wildman–Crippen LogP) is 15.7. The van der Waals surface area contributed by atoms with E-state index < -0.39 is 0 Å². The number of aromatic nitrogens is 4. The number of benzene rings is 9. The molecule has 0 aliphatic rings. The third-order valence-electron chi connectivity index (χ3n) is 12.8. The van der Waals surface area contributed by atoms with Crippen LogP contribution in [0, 0.1) is 35.8 Å². The minimum Gasteiger partial charge on any atom is -0.456 e. The molecule has 0 N–H and O–H groups in total. The highest BCUT2D eigenvalue weighted by Gasteiger charge is 2.23. The summed E-state index contributed by atoms with van der Waals surface area (Å²) >= 11 is 0. The first-order valence-electron chi connectivity index (χ1n) is 22.3. The van der Waals surface area contributed by atoms with Gasteiger partial charge in [0.15, 0.2) is 28.8 Å². The molecule has 0 fully saturated rings. The highest BCUT2D eigenvalue weighted by molar-refractivity contribution is 6.13. The molecule has 9 aromatic carbocycles. The maximum Gasteiger partial charge on any atom is 0.196 e. The zero-order valence-corrected chi connectivity index (χ0v) is 37.0. The Labute approximate surface area is 401 Å². The largest absolute Gasteiger partial charge is 0.456 e. The molecule has 0 radical (unpaired) electrons. The first-order valence-corrected chi connectivity index (χ1v) is 22.3. The van der Waals surface area contributed by atoms with Crippen molar-refractivity contribution in [1.82, 2.24) is 19.5 Å². The van der Waals surface area contributed by atoms with Crippen molar-refractivity contribution < 1.29 is 4.42 Å². The standard InChI is InChI=1S/C61H32N8O/c1-64-45-22-24-46(44(30-45)36-63)42-19-26-54-49(33-42)50-34-43(47-23-17-37(35-62)29-53(47)65-2)20-27-55(50)69(54)56-25-18-40(41-21-28-58-51(31-41)48-15-9-10-16-57(48)70-58)32-52(56)61-67-59(38-11-5-3-6-12-38)66-60(68-61)39-13-7-4-8-14-39/h3-34H. The molecule has 0 saturated heterocycles. The van der Waals surface area contributed by atoms with Crippen molar-refractivity contribution in [3.63, 3.8) is 0 Å². The van der Waals surface area contributed by atoms with Crippen LogP contribution in [0.4, 0.5) is 11.4 Å². The Morgan fingerprint density at radius 3 is 1.69 bits per heavy atom.